The molecule has 2 amide bonds. The highest BCUT2D eigenvalue weighted by Crippen LogP contribution is 2.32. The molecule has 0 spiro atoms. The Hall–Kier alpha value is -3.46. The summed E-state index contributed by atoms with van der Waals surface area (Å²) in [6.07, 6.45) is 5.17. The van der Waals surface area contributed by atoms with Crippen molar-refractivity contribution in [2.24, 2.45) is 0 Å². The summed E-state index contributed by atoms with van der Waals surface area (Å²) in [5.41, 5.74) is 2.31. The highest BCUT2D eigenvalue weighted by atomic mass is 32.1. The molecule has 0 aliphatic carbocycles. The molecule has 194 valence electrons. The van der Waals surface area contributed by atoms with Gasteiger partial charge in [-0.05, 0) is 68.5 Å². The summed E-state index contributed by atoms with van der Waals surface area (Å²) in [4.78, 5) is 34.4. The molecule has 2 aliphatic heterocycles. The lowest BCUT2D eigenvalue weighted by atomic mass is 9.97. The van der Waals surface area contributed by atoms with E-state index in [4.69, 9.17) is 4.74 Å². The van der Waals surface area contributed by atoms with Gasteiger partial charge in [0.25, 0.3) is 11.8 Å². The molecule has 0 radical (unpaired) electrons. The molecular weight excluding hydrogens is 491 g/mol. The molecule has 0 atom stereocenters. The van der Waals surface area contributed by atoms with Crippen LogP contribution in [-0.4, -0.2) is 54.5 Å². The van der Waals surface area contributed by atoms with Crippen LogP contribution in [0.4, 0.5) is 15.8 Å². The fourth-order valence-corrected chi connectivity index (χ4v) is 5.87. The molecule has 2 aromatic carbocycles. The third kappa shape index (κ3) is 6.28. The monoisotopic (exact) mass is 522 g/mol. The van der Waals surface area contributed by atoms with Crippen LogP contribution in [0.3, 0.4) is 0 Å². The van der Waals surface area contributed by atoms with Crippen LogP contribution in [-0.2, 0) is 4.79 Å². The standard InChI is InChI=1S/C28H31FN4O3S/c29-21-8-10-22(11-9-21)36-18-26(34)33-16-12-20(13-17-33)28-31-24(19-37-28)27(35)30-23-6-2-3-7-25(23)32-14-4-1-5-15-32/h2-3,6-11,19-20H,1,4-5,12-18H2,(H,30,35). The van der Waals surface area contributed by atoms with Gasteiger partial charge in [0.15, 0.2) is 6.61 Å². The minimum atomic E-state index is -0.342. The zero-order valence-electron chi connectivity index (χ0n) is 20.7. The Kier molecular flexibility index (Phi) is 7.99. The molecule has 3 heterocycles. The maximum atomic E-state index is 13.0. The van der Waals surface area contributed by atoms with Crippen LogP contribution in [0.5, 0.6) is 5.75 Å². The maximum absolute atomic E-state index is 13.0. The van der Waals surface area contributed by atoms with Crippen molar-refractivity contribution in [3.8, 4) is 5.75 Å². The van der Waals surface area contributed by atoms with E-state index in [1.165, 1.54) is 54.9 Å². The summed E-state index contributed by atoms with van der Waals surface area (Å²) in [5, 5.41) is 5.82. The Balaban J connectivity index is 1.13. The molecule has 2 saturated heterocycles. The number of aromatic nitrogens is 1. The summed E-state index contributed by atoms with van der Waals surface area (Å²) >= 11 is 1.50. The van der Waals surface area contributed by atoms with E-state index < -0.39 is 0 Å². The van der Waals surface area contributed by atoms with Crippen molar-refractivity contribution in [3.63, 3.8) is 0 Å². The van der Waals surface area contributed by atoms with E-state index in [2.05, 4.69) is 21.3 Å². The molecule has 0 unspecified atom stereocenters. The summed E-state index contributed by atoms with van der Waals surface area (Å²) in [7, 11) is 0. The summed E-state index contributed by atoms with van der Waals surface area (Å²) in [6.45, 7) is 3.17. The van der Waals surface area contributed by atoms with Gasteiger partial charge in [-0.2, -0.15) is 0 Å². The van der Waals surface area contributed by atoms with Crippen molar-refractivity contribution in [2.45, 2.75) is 38.0 Å². The topological polar surface area (TPSA) is 74.8 Å². The Morgan fingerprint density at radius 3 is 2.49 bits per heavy atom. The average molecular weight is 523 g/mol. The second-order valence-electron chi connectivity index (χ2n) is 9.49. The van der Waals surface area contributed by atoms with Crippen molar-refractivity contribution >= 4 is 34.5 Å². The number of ether oxygens (including phenoxy) is 1. The molecule has 2 fully saturated rings. The summed E-state index contributed by atoms with van der Waals surface area (Å²) in [5.74, 6) is 0.0590. The Bertz CT molecular complexity index is 1220. The molecule has 7 nitrogen and oxygen atoms in total. The molecule has 2 aliphatic rings. The number of halogens is 1. The Morgan fingerprint density at radius 1 is 1.00 bits per heavy atom. The van der Waals surface area contributed by atoms with Gasteiger partial charge in [-0.15, -0.1) is 11.3 Å². The first-order valence-corrected chi connectivity index (χ1v) is 13.7. The number of benzene rings is 2. The van der Waals surface area contributed by atoms with E-state index in [-0.39, 0.29) is 30.2 Å². The third-order valence-corrected chi connectivity index (χ3v) is 7.98. The Labute approximate surface area is 220 Å². The number of rotatable bonds is 7. The van der Waals surface area contributed by atoms with E-state index >= 15 is 0 Å². The Morgan fingerprint density at radius 2 is 1.73 bits per heavy atom. The number of amides is 2. The highest BCUT2D eigenvalue weighted by Gasteiger charge is 2.27. The van der Waals surface area contributed by atoms with Gasteiger partial charge in [-0.1, -0.05) is 12.1 Å². The lowest BCUT2D eigenvalue weighted by Gasteiger charge is -2.31. The minimum Gasteiger partial charge on any atom is -0.484 e. The number of carbonyl (C=O) groups excluding carboxylic acids is 2. The smallest absolute Gasteiger partial charge is 0.275 e. The average Bonchev–Trinajstić information content (AvgIpc) is 3.44. The van der Waals surface area contributed by atoms with E-state index in [0.29, 0.717) is 24.5 Å². The predicted molar refractivity (Wildman–Crippen MR) is 143 cm³/mol. The zero-order chi connectivity index (χ0) is 25.6. The van der Waals surface area contributed by atoms with Crippen LogP contribution in [0.2, 0.25) is 0 Å². The first-order valence-electron chi connectivity index (χ1n) is 12.8. The van der Waals surface area contributed by atoms with Crippen molar-refractivity contribution in [3.05, 3.63) is 70.4 Å². The number of para-hydroxylation sites is 2. The van der Waals surface area contributed by atoms with Gasteiger partial charge in [0.05, 0.1) is 16.4 Å². The van der Waals surface area contributed by atoms with Crippen LogP contribution in [0.1, 0.15) is 53.5 Å². The second-order valence-corrected chi connectivity index (χ2v) is 10.4. The van der Waals surface area contributed by atoms with Crippen molar-refractivity contribution < 1.29 is 18.7 Å². The molecular formula is C28H31FN4O3S. The fourth-order valence-electron chi connectivity index (χ4n) is 4.90. The van der Waals surface area contributed by atoms with Crippen molar-refractivity contribution in [2.75, 3.05) is 43.0 Å². The van der Waals surface area contributed by atoms with Gasteiger partial charge in [0.2, 0.25) is 0 Å². The first-order chi connectivity index (χ1) is 18.1. The van der Waals surface area contributed by atoms with Crippen molar-refractivity contribution in [1.29, 1.82) is 0 Å². The van der Waals surface area contributed by atoms with Gasteiger partial charge < -0.3 is 19.9 Å². The molecule has 1 N–H and O–H groups in total. The largest absolute Gasteiger partial charge is 0.484 e. The van der Waals surface area contributed by atoms with Crippen LogP contribution in [0, 0.1) is 5.82 Å². The number of hydrogen-bond donors (Lipinski definition) is 1. The lowest BCUT2D eigenvalue weighted by molar-refractivity contribution is -0.134. The molecule has 3 aromatic rings. The van der Waals surface area contributed by atoms with E-state index in [1.807, 2.05) is 23.6 Å². The number of thiazole rings is 1. The van der Waals surface area contributed by atoms with E-state index in [1.54, 1.807) is 4.90 Å². The number of piperidine rings is 2. The van der Waals surface area contributed by atoms with E-state index in [9.17, 15) is 14.0 Å². The first kappa shape index (κ1) is 25.2. The number of nitrogens with zero attached hydrogens (tertiary/aromatic N) is 3. The molecule has 5 rings (SSSR count). The molecule has 1 aromatic heterocycles. The normalized spacial score (nSPS) is 16.5. The third-order valence-electron chi connectivity index (χ3n) is 6.98. The summed E-state index contributed by atoms with van der Waals surface area (Å²) in [6, 6.07) is 13.6. The second kappa shape index (κ2) is 11.7. The number of nitrogens with one attached hydrogen (secondary N) is 1. The maximum Gasteiger partial charge on any atom is 0.275 e. The molecule has 37 heavy (non-hydrogen) atoms. The lowest BCUT2D eigenvalue weighted by Crippen LogP contribution is -2.40. The summed E-state index contributed by atoms with van der Waals surface area (Å²) < 4.78 is 18.5. The van der Waals surface area contributed by atoms with Crippen LogP contribution >= 0.6 is 11.3 Å². The number of carbonyl (C=O) groups is 2. The van der Waals surface area contributed by atoms with Gasteiger partial charge >= 0.3 is 0 Å². The van der Waals surface area contributed by atoms with Gasteiger partial charge in [0.1, 0.15) is 17.3 Å². The van der Waals surface area contributed by atoms with Gasteiger partial charge in [-0.25, -0.2) is 9.37 Å². The van der Waals surface area contributed by atoms with Crippen LogP contribution in [0.25, 0.3) is 0 Å². The van der Waals surface area contributed by atoms with Crippen LogP contribution in [0.15, 0.2) is 53.9 Å². The number of hydrogen-bond acceptors (Lipinski definition) is 6. The highest BCUT2D eigenvalue weighted by molar-refractivity contribution is 7.10. The zero-order valence-corrected chi connectivity index (χ0v) is 21.5. The molecule has 0 bridgehead atoms. The van der Waals surface area contributed by atoms with Gasteiger partial charge in [-0.3, -0.25) is 9.59 Å². The fraction of sp³-hybridized carbons (Fsp3) is 0.393. The minimum absolute atomic E-state index is 0.0726. The quantitative estimate of drug-likeness (QED) is 0.455. The number of likely N-dealkylation sites (tertiary alicyclic amines) is 1. The molecule has 9 heteroatoms. The SMILES string of the molecule is O=C(Nc1ccccc1N1CCCCC1)c1csc(C2CCN(C(=O)COc3ccc(F)cc3)CC2)n1. The van der Waals surface area contributed by atoms with Gasteiger partial charge in [0, 0.05) is 37.5 Å². The van der Waals surface area contributed by atoms with Crippen LogP contribution < -0.4 is 15.0 Å². The molecule has 0 saturated carbocycles. The predicted octanol–water partition coefficient (Wildman–Crippen LogP) is 5.31. The van der Waals surface area contributed by atoms with E-state index in [0.717, 1.165) is 42.3 Å². The number of anilines is 2. The van der Waals surface area contributed by atoms with Crippen molar-refractivity contribution in [1.82, 2.24) is 9.88 Å².